The molecule has 0 spiro atoms. The number of carbonyl (C=O) groups is 1. The fourth-order valence-electron chi connectivity index (χ4n) is 4.80. The Morgan fingerprint density at radius 3 is 2.87 bits per heavy atom. The summed E-state index contributed by atoms with van der Waals surface area (Å²) in [5.74, 6) is 0.787. The number of amides is 1. The first kappa shape index (κ1) is 24.1. The van der Waals surface area contributed by atoms with Crippen molar-refractivity contribution in [2.24, 2.45) is 0 Å². The first-order valence-electron chi connectivity index (χ1n) is 12.3. The number of imidazole rings is 1. The maximum Gasteiger partial charge on any atom is 0.253 e. The van der Waals surface area contributed by atoms with Crippen molar-refractivity contribution in [2.45, 2.75) is 18.9 Å². The van der Waals surface area contributed by atoms with Gasteiger partial charge in [-0.2, -0.15) is 0 Å². The van der Waals surface area contributed by atoms with Crippen molar-refractivity contribution >= 4 is 28.2 Å². The number of ether oxygens (including phenoxy) is 1. The highest BCUT2D eigenvalue weighted by Crippen LogP contribution is 2.35. The molecule has 6 rings (SSSR count). The zero-order valence-corrected chi connectivity index (χ0v) is 21.5. The molecular weight excluding hydrogens is 503 g/mol. The maximum atomic E-state index is 13.3. The number of benzene rings is 2. The van der Waals surface area contributed by atoms with Crippen LogP contribution in [0, 0.1) is 5.82 Å². The third-order valence-electron chi connectivity index (χ3n) is 6.64. The summed E-state index contributed by atoms with van der Waals surface area (Å²) in [6.45, 7) is 1.17. The second kappa shape index (κ2) is 10.2. The number of halogens is 1. The van der Waals surface area contributed by atoms with E-state index in [-0.39, 0.29) is 17.8 Å². The molecule has 38 heavy (non-hydrogen) atoms. The van der Waals surface area contributed by atoms with Crippen molar-refractivity contribution in [3.05, 3.63) is 83.8 Å². The molecule has 0 radical (unpaired) electrons. The quantitative estimate of drug-likeness (QED) is 0.318. The third kappa shape index (κ3) is 4.70. The Kier molecular flexibility index (Phi) is 6.47. The van der Waals surface area contributed by atoms with Gasteiger partial charge in [-0.15, -0.1) is 11.3 Å². The van der Waals surface area contributed by atoms with E-state index in [2.05, 4.69) is 10.3 Å². The number of nitrogens with zero attached hydrogens (tertiary/aromatic N) is 5. The molecular formula is C28H25FN6O2S. The zero-order valence-electron chi connectivity index (χ0n) is 20.7. The number of aromatic nitrogens is 4. The standard InChI is InChI=1S/C28H25FN6O2S/c1-37-22-6-2-4-19(16-22)24-25(35-14-15-38-28(35)33-24)23-11-12-30-27(32-23)31-21-5-3-13-34(17-21)26(36)18-7-9-20(29)10-8-18/h2,4,6-12,14-16,21H,3,5,13,17H2,1H3,(H,30,31,32)/t21-/m1/s1. The number of rotatable bonds is 6. The summed E-state index contributed by atoms with van der Waals surface area (Å²) in [5.41, 5.74) is 3.84. The Labute approximate surface area is 222 Å². The molecule has 4 heterocycles. The summed E-state index contributed by atoms with van der Waals surface area (Å²) in [5, 5.41) is 5.42. The lowest BCUT2D eigenvalue weighted by Crippen LogP contribution is -2.45. The van der Waals surface area contributed by atoms with Gasteiger partial charge in [-0.1, -0.05) is 12.1 Å². The minimum absolute atomic E-state index is 0.00661. The number of anilines is 1. The summed E-state index contributed by atoms with van der Waals surface area (Å²) in [4.78, 5) is 29.8. The van der Waals surface area contributed by atoms with Crippen LogP contribution in [0.15, 0.2) is 72.4 Å². The average Bonchev–Trinajstić information content (AvgIpc) is 3.55. The molecule has 1 amide bonds. The Balaban J connectivity index is 1.26. The SMILES string of the molecule is COc1cccc(-c2nc3sccn3c2-c2ccnc(N[C@@H]3CCCN(C(=O)c4ccc(F)cc4)C3)n2)c1. The van der Waals surface area contributed by atoms with Crippen molar-refractivity contribution in [2.75, 3.05) is 25.5 Å². The highest BCUT2D eigenvalue weighted by atomic mass is 32.1. The van der Waals surface area contributed by atoms with Crippen molar-refractivity contribution < 1.29 is 13.9 Å². The van der Waals surface area contributed by atoms with E-state index >= 15 is 0 Å². The molecule has 0 aliphatic carbocycles. The summed E-state index contributed by atoms with van der Waals surface area (Å²) in [6, 6.07) is 15.4. The van der Waals surface area contributed by atoms with Gasteiger partial charge in [0.05, 0.1) is 18.5 Å². The van der Waals surface area contributed by atoms with Crippen molar-refractivity contribution in [3.63, 3.8) is 0 Å². The number of thiazole rings is 1. The average molecular weight is 529 g/mol. The lowest BCUT2D eigenvalue weighted by Gasteiger charge is -2.33. The number of likely N-dealkylation sites (tertiary alicyclic amines) is 1. The van der Waals surface area contributed by atoms with Gasteiger partial charge in [0, 0.05) is 48.0 Å². The Hall–Kier alpha value is -4.31. The number of methoxy groups -OCH3 is 1. The van der Waals surface area contributed by atoms with Crippen LogP contribution in [0.2, 0.25) is 0 Å². The summed E-state index contributed by atoms with van der Waals surface area (Å²) in [7, 11) is 1.65. The largest absolute Gasteiger partial charge is 0.497 e. The van der Waals surface area contributed by atoms with Crippen LogP contribution in [0.3, 0.4) is 0 Å². The van der Waals surface area contributed by atoms with Gasteiger partial charge in [0.2, 0.25) is 5.95 Å². The number of nitrogens with one attached hydrogen (secondary N) is 1. The van der Waals surface area contributed by atoms with E-state index in [9.17, 15) is 9.18 Å². The van der Waals surface area contributed by atoms with E-state index in [1.54, 1.807) is 29.5 Å². The van der Waals surface area contributed by atoms with E-state index < -0.39 is 0 Å². The lowest BCUT2D eigenvalue weighted by molar-refractivity contribution is 0.0714. The third-order valence-corrected chi connectivity index (χ3v) is 7.39. The van der Waals surface area contributed by atoms with Gasteiger partial charge in [-0.25, -0.2) is 19.3 Å². The Morgan fingerprint density at radius 2 is 2.03 bits per heavy atom. The molecule has 5 aromatic rings. The number of hydrogen-bond donors (Lipinski definition) is 1. The predicted octanol–water partition coefficient (Wildman–Crippen LogP) is 5.38. The molecule has 1 atom stereocenters. The van der Waals surface area contributed by atoms with Gasteiger partial charge in [-0.05, 0) is 55.3 Å². The minimum Gasteiger partial charge on any atom is -0.497 e. The van der Waals surface area contributed by atoms with Crippen LogP contribution in [0.25, 0.3) is 27.6 Å². The highest BCUT2D eigenvalue weighted by molar-refractivity contribution is 7.15. The number of piperidine rings is 1. The Morgan fingerprint density at radius 1 is 1.16 bits per heavy atom. The normalized spacial score (nSPS) is 15.5. The molecule has 1 saturated heterocycles. The van der Waals surface area contributed by atoms with Crippen molar-refractivity contribution in [1.82, 2.24) is 24.3 Å². The van der Waals surface area contributed by atoms with Crippen LogP contribution >= 0.6 is 11.3 Å². The number of hydrogen-bond acceptors (Lipinski definition) is 7. The summed E-state index contributed by atoms with van der Waals surface area (Å²) >= 11 is 1.56. The molecule has 0 bridgehead atoms. The smallest absolute Gasteiger partial charge is 0.253 e. The van der Waals surface area contributed by atoms with Crippen LogP contribution in [-0.2, 0) is 0 Å². The van der Waals surface area contributed by atoms with Gasteiger partial charge in [-0.3, -0.25) is 9.20 Å². The first-order valence-corrected chi connectivity index (χ1v) is 13.2. The highest BCUT2D eigenvalue weighted by Gasteiger charge is 2.25. The molecule has 1 aliphatic rings. The van der Waals surface area contributed by atoms with Crippen LogP contribution in [-0.4, -0.2) is 56.4 Å². The first-order chi connectivity index (χ1) is 18.6. The fraction of sp³-hybridized carbons (Fsp3) is 0.214. The topological polar surface area (TPSA) is 84.7 Å². The van der Waals surface area contributed by atoms with Crippen LogP contribution in [0.5, 0.6) is 5.75 Å². The van der Waals surface area contributed by atoms with Gasteiger partial charge in [0.1, 0.15) is 17.3 Å². The summed E-state index contributed by atoms with van der Waals surface area (Å²) < 4.78 is 20.8. The van der Waals surface area contributed by atoms with Crippen molar-refractivity contribution in [1.29, 1.82) is 0 Å². The van der Waals surface area contributed by atoms with E-state index in [0.717, 1.165) is 46.2 Å². The van der Waals surface area contributed by atoms with E-state index in [1.807, 2.05) is 46.3 Å². The molecule has 2 aromatic carbocycles. The molecule has 1 N–H and O–H groups in total. The van der Waals surface area contributed by atoms with E-state index in [4.69, 9.17) is 14.7 Å². The fourth-order valence-corrected chi connectivity index (χ4v) is 5.51. The van der Waals surface area contributed by atoms with Gasteiger partial charge < -0.3 is 15.0 Å². The Bertz CT molecular complexity index is 1600. The molecule has 0 unspecified atom stereocenters. The molecule has 192 valence electrons. The van der Waals surface area contributed by atoms with Crippen LogP contribution < -0.4 is 10.1 Å². The van der Waals surface area contributed by atoms with Gasteiger partial charge in [0.25, 0.3) is 5.91 Å². The van der Waals surface area contributed by atoms with Gasteiger partial charge in [0.15, 0.2) is 4.96 Å². The molecule has 3 aromatic heterocycles. The predicted molar refractivity (Wildman–Crippen MR) is 145 cm³/mol. The lowest BCUT2D eigenvalue weighted by atomic mass is 10.0. The maximum absolute atomic E-state index is 13.3. The minimum atomic E-state index is -0.357. The van der Waals surface area contributed by atoms with E-state index in [1.165, 1.54) is 24.3 Å². The second-order valence-corrected chi connectivity index (χ2v) is 9.98. The summed E-state index contributed by atoms with van der Waals surface area (Å²) in [6.07, 6.45) is 5.46. The molecule has 1 aliphatic heterocycles. The van der Waals surface area contributed by atoms with E-state index in [0.29, 0.717) is 24.6 Å². The monoisotopic (exact) mass is 528 g/mol. The molecule has 8 nitrogen and oxygen atoms in total. The van der Waals surface area contributed by atoms with Crippen LogP contribution in [0.4, 0.5) is 10.3 Å². The number of fused-ring (bicyclic) bond motifs is 1. The van der Waals surface area contributed by atoms with Crippen molar-refractivity contribution in [3.8, 4) is 28.4 Å². The zero-order chi connectivity index (χ0) is 26.1. The van der Waals surface area contributed by atoms with Crippen LogP contribution in [0.1, 0.15) is 23.2 Å². The second-order valence-electron chi connectivity index (χ2n) is 9.10. The molecule has 0 saturated carbocycles. The molecule has 10 heteroatoms. The van der Waals surface area contributed by atoms with Gasteiger partial charge >= 0.3 is 0 Å². The molecule has 1 fully saturated rings. The number of carbonyl (C=O) groups excluding carboxylic acids is 1.